The Hall–Kier alpha value is -3.20. The van der Waals surface area contributed by atoms with Crippen molar-refractivity contribution in [2.45, 2.75) is 0 Å². The topological polar surface area (TPSA) is 80.3 Å². The first-order chi connectivity index (χ1) is 11.2. The zero-order valence-electron chi connectivity index (χ0n) is 13.0. The molecule has 0 bridgehead atoms. The SMILES string of the molecule is C=CCNc1oc(C=Cc2ccc(OC)c(OC)c2)nc1C#N. The minimum absolute atomic E-state index is 0.207. The number of anilines is 1. The quantitative estimate of drug-likeness (QED) is 0.790. The van der Waals surface area contributed by atoms with Gasteiger partial charge in [0.2, 0.25) is 17.5 Å². The third-order valence-corrected chi connectivity index (χ3v) is 2.98. The fourth-order valence-electron chi connectivity index (χ4n) is 1.89. The van der Waals surface area contributed by atoms with Crippen LogP contribution in [0.5, 0.6) is 11.5 Å². The Kier molecular flexibility index (Phi) is 5.42. The molecule has 0 aliphatic carbocycles. The molecule has 1 N–H and O–H groups in total. The van der Waals surface area contributed by atoms with Crippen molar-refractivity contribution in [1.29, 1.82) is 5.26 Å². The Morgan fingerprint density at radius 3 is 2.74 bits per heavy atom. The van der Waals surface area contributed by atoms with Crippen LogP contribution in [0.25, 0.3) is 12.2 Å². The number of aromatic nitrogens is 1. The van der Waals surface area contributed by atoms with Gasteiger partial charge in [-0.15, -0.1) is 6.58 Å². The van der Waals surface area contributed by atoms with Gasteiger partial charge in [0, 0.05) is 12.6 Å². The molecule has 6 heteroatoms. The van der Waals surface area contributed by atoms with Crippen molar-refractivity contribution < 1.29 is 13.9 Å². The van der Waals surface area contributed by atoms with E-state index in [0.717, 1.165) is 5.56 Å². The maximum Gasteiger partial charge on any atom is 0.232 e. The molecule has 0 unspecified atom stereocenters. The summed E-state index contributed by atoms with van der Waals surface area (Å²) in [6, 6.07) is 7.51. The molecule has 6 nitrogen and oxygen atoms in total. The van der Waals surface area contributed by atoms with Crippen LogP contribution in [0, 0.1) is 11.3 Å². The second-order valence-electron chi connectivity index (χ2n) is 4.46. The molecule has 118 valence electrons. The minimum Gasteiger partial charge on any atom is -0.493 e. The number of nitrogens with one attached hydrogen (secondary N) is 1. The number of nitriles is 1. The fourth-order valence-corrected chi connectivity index (χ4v) is 1.89. The smallest absolute Gasteiger partial charge is 0.232 e. The Balaban J connectivity index is 2.21. The van der Waals surface area contributed by atoms with Crippen LogP contribution in [-0.4, -0.2) is 25.7 Å². The minimum atomic E-state index is 0.207. The molecule has 0 atom stereocenters. The van der Waals surface area contributed by atoms with Crippen molar-refractivity contribution in [1.82, 2.24) is 4.98 Å². The third kappa shape index (κ3) is 3.92. The molecule has 0 fully saturated rings. The highest BCUT2D eigenvalue weighted by molar-refractivity contribution is 5.68. The molecule has 1 aromatic heterocycles. The van der Waals surface area contributed by atoms with Crippen molar-refractivity contribution in [3.05, 3.63) is 48.0 Å². The molecule has 0 aliphatic rings. The second-order valence-corrected chi connectivity index (χ2v) is 4.46. The van der Waals surface area contributed by atoms with Crippen LogP contribution in [-0.2, 0) is 0 Å². The number of oxazole rings is 1. The highest BCUT2D eigenvalue weighted by atomic mass is 16.5. The van der Waals surface area contributed by atoms with Gasteiger partial charge in [0.25, 0.3) is 0 Å². The Labute approximate surface area is 134 Å². The molecule has 0 radical (unpaired) electrons. The number of ether oxygens (including phenoxy) is 2. The summed E-state index contributed by atoms with van der Waals surface area (Å²) in [5, 5.41) is 12.0. The molecule has 0 amide bonds. The fraction of sp³-hybridized carbons (Fsp3) is 0.176. The lowest BCUT2D eigenvalue weighted by atomic mass is 10.2. The van der Waals surface area contributed by atoms with E-state index in [0.29, 0.717) is 29.8 Å². The molecular weight excluding hydrogens is 294 g/mol. The summed E-state index contributed by atoms with van der Waals surface area (Å²) in [6.45, 7) is 4.09. The van der Waals surface area contributed by atoms with Gasteiger partial charge in [0.1, 0.15) is 6.07 Å². The van der Waals surface area contributed by atoms with Crippen LogP contribution >= 0.6 is 0 Å². The van der Waals surface area contributed by atoms with Crippen LogP contribution < -0.4 is 14.8 Å². The lowest BCUT2D eigenvalue weighted by Gasteiger charge is -2.07. The molecule has 0 saturated carbocycles. The summed E-state index contributed by atoms with van der Waals surface area (Å²) in [7, 11) is 3.16. The van der Waals surface area contributed by atoms with E-state index in [9.17, 15) is 0 Å². The van der Waals surface area contributed by atoms with Gasteiger partial charge in [0.05, 0.1) is 14.2 Å². The van der Waals surface area contributed by atoms with E-state index in [1.807, 2.05) is 30.3 Å². The van der Waals surface area contributed by atoms with Crippen LogP contribution in [0.15, 0.2) is 35.3 Å². The van der Waals surface area contributed by atoms with Gasteiger partial charge in [-0.05, 0) is 23.8 Å². The molecule has 1 heterocycles. The van der Waals surface area contributed by atoms with Gasteiger partial charge in [0.15, 0.2) is 11.5 Å². The van der Waals surface area contributed by atoms with Crippen LogP contribution in [0.2, 0.25) is 0 Å². The largest absolute Gasteiger partial charge is 0.493 e. The number of hydrogen-bond acceptors (Lipinski definition) is 6. The van der Waals surface area contributed by atoms with Crippen molar-refractivity contribution in [3.8, 4) is 17.6 Å². The number of nitrogens with zero attached hydrogens (tertiary/aromatic N) is 2. The van der Waals surface area contributed by atoms with Crippen LogP contribution in [0.3, 0.4) is 0 Å². The molecular formula is C17H17N3O3. The van der Waals surface area contributed by atoms with Gasteiger partial charge in [-0.2, -0.15) is 10.2 Å². The van der Waals surface area contributed by atoms with Crippen LogP contribution in [0.1, 0.15) is 17.1 Å². The van der Waals surface area contributed by atoms with Gasteiger partial charge in [-0.1, -0.05) is 12.1 Å². The summed E-state index contributed by atoms with van der Waals surface area (Å²) in [4.78, 5) is 4.11. The summed E-state index contributed by atoms with van der Waals surface area (Å²) in [5.74, 6) is 1.96. The molecule has 1 aromatic carbocycles. The third-order valence-electron chi connectivity index (χ3n) is 2.98. The van der Waals surface area contributed by atoms with Crippen LogP contribution in [0.4, 0.5) is 5.88 Å². The Morgan fingerprint density at radius 2 is 2.09 bits per heavy atom. The summed E-state index contributed by atoms with van der Waals surface area (Å²) < 4.78 is 15.9. The predicted octanol–water partition coefficient (Wildman–Crippen LogP) is 3.33. The maximum atomic E-state index is 9.05. The average molecular weight is 311 g/mol. The standard InChI is InChI=1S/C17H17N3O3/c1-4-9-19-17-13(11-18)20-16(23-17)8-6-12-5-7-14(21-2)15(10-12)22-3/h4-8,10,19H,1,9H2,2-3H3. The highest BCUT2D eigenvalue weighted by Crippen LogP contribution is 2.28. The van der Waals surface area contributed by atoms with Gasteiger partial charge < -0.3 is 19.2 Å². The molecule has 23 heavy (non-hydrogen) atoms. The Morgan fingerprint density at radius 1 is 1.30 bits per heavy atom. The lowest BCUT2D eigenvalue weighted by Crippen LogP contribution is -1.97. The van der Waals surface area contributed by atoms with E-state index in [-0.39, 0.29) is 5.69 Å². The highest BCUT2D eigenvalue weighted by Gasteiger charge is 2.10. The first-order valence-corrected chi connectivity index (χ1v) is 6.87. The number of methoxy groups -OCH3 is 2. The van der Waals surface area contributed by atoms with Crippen molar-refractivity contribution in [2.75, 3.05) is 26.1 Å². The molecule has 0 saturated heterocycles. The second kappa shape index (κ2) is 7.71. The lowest BCUT2D eigenvalue weighted by molar-refractivity contribution is 0.355. The molecule has 2 aromatic rings. The van der Waals surface area contributed by atoms with E-state index < -0.39 is 0 Å². The Bertz CT molecular complexity index is 757. The predicted molar refractivity (Wildman–Crippen MR) is 88.4 cm³/mol. The van der Waals surface area contributed by atoms with Crippen molar-refractivity contribution >= 4 is 18.0 Å². The van der Waals surface area contributed by atoms with E-state index in [4.69, 9.17) is 19.2 Å². The summed E-state index contributed by atoms with van der Waals surface area (Å²) in [5.41, 5.74) is 1.10. The summed E-state index contributed by atoms with van der Waals surface area (Å²) >= 11 is 0. The first kappa shape index (κ1) is 16.2. The number of hydrogen-bond donors (Lipinski definition) is 1. The first-order valence-electron chi connectivity index (χ1n) is 6.87. The molecule has 0 aliphatic heterocycles. The number of benzene rings is 1. The number of rotatable bonds is 7. The average Bonchev–Trinajstić information content (AvgIpc) is 2.99. The van der Waals surface area contributed by atoms with Crippen molar-refractivity contribution in [2.24, 2.45) is 0 Å². The van der Waals surface area contributed by atoms with Gasteiger partial charge >= 0.3 is 0 Å². The molecule has 0 spiro atoms. The normalized spacial score (nSPS) is 10.3. The maximum absolute atomic E-state index is 9.05. The molecule has 2 rings (SSSR count). The summed E-state index contributed by atoms with van der Waals surface area (Å²) in [6.07, 6.45) is 5.16. The van der Waals surface area contributed by atoms with Crippen molar-refractivity contribution in [3.63, 3.8) is 0 Å². The van der Waals surface area contributed by atoms with E-state index in [1.165, 1.54) is 0 Å². The zero-order valence-corrected chi connectivity index (χ0v) is 13.0. The monoisotopic (exact) mass is 311 g/mol. The van der Waals surface area contributed by atoms with Gasteiger partial charge in [-0.3, -0.25) is 0 Å². The van der Waals surface area contributed by atoms with E-state index >= 15 is 0 Å². The van der Waals surface area contributed by atoms with Gasteiger partial charge in [-0.25, -0.2) is 0 Å². The van der Waals surface area contributed by atoms with E-state index in [1.54, 1.807) is 26.4 Å². The van der Waals surface area contributed by atoms with E-state index in [2.05, 4.69) is 16.9 Å². The zero-order chi connectivity index (χ0) is 16.7.